The molecule has 0 bridgehead atoms. The molecular weight excluding hydrogens is 409 g/mol. The average Bonchev–Trinajstić information content (AvgIpc) is 3.26. The Bertz CT molecular complexity index is 1100. The Hall–Kier alpha value is -3.30. The second kappa shape index (κ2) is 7.75. The van der Waals surface area contributed by atoms with Gasteiger partial charge in [0.2, 0.25) is 0 Å². The van der Waals surface area contributed by atoms with Gasteiger partial charge in [-0.1, -0.05) is 30.3 Å². The second-order valence-corrected chi connectivity index (χ2v) is 7.72. The van der Waals surface area contributed by atoms with Gasteiger partial charge < -0.3 is 10.6 Å². The van der Waals surface area contributed by atoms with Crippen LogP contribution in [0.2, 0.25) is 0 Å². The summed E-state index contributed by atoms with van der Waals surface area (Å²) in [6, 6.07) is 7.96. The number of aryl methyl sites for hydroxylation is 2. The molecule has 0 spiro atoms. The summed E-state index contributed by atoms with van der Waals surface area (Å²) in [5.74, 6) is -0.371. The summed E-state index contributed by atoms with van der Waals surface area (Å²) in [7, 11) is 1.81. The number of rotatable bonds is 4. The van der Waals surface area contributed by atoms with Crippen LogP contribution >= 0.6 is 0 Å². The van der Waals surface area contributed by atoms with E-state index < -0.39 is 24.2 Å². The number of anilines is 1. The summed E-state index contributed by atoms with van der Waals surface area (Å²) >= 11 is 0. The van der Waals surface area contributed by atoms with Gasteiger partial charge in [0, 0.05) is 37.3 Å². The monoisotopic (exact) mass is 432 g/mol. The zero-order valence-corrected chi connectivity index (χ0v) is 17.4. The van der Waals surface area contributed by atoms with Crippen LogP contribution in [-0.2, 0) is 13.6 Å². The molecular formula is C21H23F3N6O. The number of aromatic nitrogens is 4. The zero-order valence-electron chi connectivity index (χ0n) is 17.4. The topological polar surface area (TPSA) is 76.8 Å². The molecule has 164 valence electrons. The number of carbonyl (C=O) groups excluding carboxylic acids is 1. The first-order valence-electron chi connectivity index (χ1n) is 9.90. The molecule has 2 atom stereocenters. The molecule has 7 nitrogen and oxygen atoms in total. The Morgan fingerprint density at radius 3 is 2.55 bits per heavy atom. The highest BCUT2D eigenvalue weighted by atomic mass is 19.4. The van der Waals surface area contributed by atoms with Gasteiger partial charge in [-0.3, -0.25) is 9.48 Å². The van der Waals surface area contributed by atoms with Gasteiger partial charge in [0.05, 0.1) is 11.7 Å². The molecule has 3 aromatic rings. The molecule has 0 saturated heterocycles. The number of hydrogen-bond donors (Lipinski definition) is 2. The van der Waals surface area contributed by atoms with Gasteiger partial charge in [0.1, 0.15) is 5.82 Å². The van der Waals surface area contributed by atoms with E-state index in [2.05, 4.69) is 20.8 Å². The van der Waals surface area contributed by atoms with E-state index in [0.29, 0.717) is 0 Å². The van der Waals surface area contributed by atoms with Crippen molar-refractivity contribution in [2.75, 3.05) is 5.32 Å². The first-order chi connectivity index (χ1) is 14.6. The summed E-state index contributed by atoms with van der Waals surface area (Å²) in [6.45, 7) is 3.94. The minimum atomic E-state index is -4.49. The Labute approximate surface area is 177 Å². The lowest BCUT2D eigenvalue weighted by molar-refractivity contribution is -0.173. The number of benzene rings is 1. The summed E-state index contributed by atoms with van der Waals surface area (Å²) < 4.78 is 43.9. The fourth-order valence-corrected chi connectivity index (χ4v) is 3.92. The lowest BCUT2D eigenvalue weighted by Gasteiger charge is -2.33. The predicted molar refractivity (Wildman–Crippen MR) is 109 cm³/mol. The molecule has 2 N–H and O–H groups in total. The van der Waals surface area contributed by atoms with Crippen LogP contribution in [0.25, 0.3) is 0 Å². The van der Waals surface area contributed by atoms with Gasteiger partial charge in [-0.2, -0.15) is 23.4 Å². The van der Waals surface area contributed by atoms with E-state index in [-0.39, 0.29) is 24.5 Å². The maximum Gasteiger partial charge on any atom is 0.410 e. The van der Waals surface area contributed by atoms with Crippen molar-refractivity contribution in [3.63, 3.8) is 0 Å². The Balaban J connectivity index is 1.58. The molecule has 4 rings (SSSR count). The largest absolute Gasteiger partial charge is 0.410 e. The zero-order chi connectivity index (χ0) is 22.3. The van der Waals surface area contributed by atoms with Crippen LogP contribution in [0.5, 0.6) is 0 Å². The number of fused-ring (bicyclic) bond motifs is 1. The molecule has 1 amide bonds. The molecule has 2 aromatic heterocycles. The summed E-state index contributed by atoms with van der Waals surface area (Å²) in [5, 5.41) is 14.1. The normalized spacial score (nSPS) is 18.4. The standard InChI is InChI=1S/C21H23F3N6O/c1-12-15(13(2)29(3)27-12)11-25-20(31)17-10-19-26-16(14-7-5-4-6-8-14)9-18(21(22,23)24)30(19)28-17/h4-8,10,16,18,26H,9,11H2,1-3H3,(H,25,31)/t16-,18-/m0/s1. The van der Waals surface area contributed by atoms with E-state index in [4.69, 9.17) is 0 Å². The number of hydrogen-bond acceptors (Lipinski definition) is 4. The van der Waals surface area contributed by atoms with Gasteiger partial charge in [0.15, 0.2) is 11.7 Å². The quantitative estimate of drug-likeness (QED) is 0.657. The lowest BCUT2D eigenvalue weighted by atomic mass is 9.97. The highest BCUT2D eigenvalue weighted by molar-refractivity contribution is 5.93. The van der Waals surface area contributed by atoms with Gasteiger partial charge >= 0.3 is 6.18 Å². The van der Waals surface area contributed by atoms with E-state index in [9.17, 15) is 18.0 Å². The molecule has 10 heteroatoms. The van der Waals surface area contributed by atoms with Crippen LogP contribution in [0.3, 0.4) is 0 Å². The number of nitrogens with zero attached hydrogens (tertiary/aromatic N) is 4. The van der Waals surface area contributed by atoms with Crippen molar-refractivity contribution in [3.05, 3.63) is 64.6 Å². The predicted octanol–water partition coefficient (Wildman–Crippen LogP) is 3.82. The highest BCUT2D eigenvalue weighted by Crippen LogP contribution is 2.43. The van der Waals surface area contributed by atoms with Crippen molar-refractivity contribution < 1.29 is 18.0 Å². The minimum absolute atomic E-state index is 0.0651. The van der Waals surface area contributed by atoms with Crippen LogP contribution < -0.4 is 10.6 Å². The van der Waals surface area contributed by atoms with Crippen molar-refractivity contribution in [1.82, 2.24) is 24.9 Å². The van der Waals surface area contributed by atoms with Crippen LogP contribution in [0, 0.1) is 13.8 Å². The van der Waals surface area contributed by atoms with E-state index in [1.165, 1.54) is 6.07 Å². The third kappa shape index (κ3) is 4.01. The van der Waals surface area contributed by atoms with Crippen molar-refractivity contribution in [3.8, 4) is 0 Å². The fourth-order valence-electron chi connectivity index (χ4n) is 3.92. The highest BCUT2D eigenvalue weighted by Gasteiger charge is 2.46. The van der Waals surface area contributed by atoms with Crippen LogP contribution in [0.15, 0.2) is 36.4 Å². The molecule has 0 aliphatic carbocycles. The van der Waals surface area contributed by atoms with Crippen LogP contribution in [0.1, 0.15) is 51.5 Å². The summed E-state index contributed by atoms with van der Waals surface area (Å²) in [6.07, 6.45) is -4.70. The molecule has 0 radical (unpaired) electrons. The van der Waals surface area contributed by atoms with Crippen molar-refractivity contribution in [2.24, 2.45) is 7.05 Å². The number of halogens is 3. The third-order valence-corrected chi connectivity index (χ3v) is 5.71. The van der Waals surface area contributed by atoms with Gasteiger partial charge in [-0.05, 0) is 19.4 Å². The molecule has 3 heterocycles. The molecule has 1 aliphatic rings. The van der Waals surface area contributed by atoms with E-state index in [1.54, 1.807) is 28.9 Å². The lowest BCUT2D eigenvalue weighted by Crippen LogP contribution is -2.35. The van der Waals surface area contributed by atoms with Crippen molar-refractivity contribution >= 4 is 11.7 Å². The Morgan fingerprint density at radius 1 is 1.23 bits per heavy atom. The fraction of sp³-hybridized carbons (Fsp3) is 0.381. The molecule has 0 saturated carbocycles. The van der Waals surface area contributed by atoms with Gasteiger partial charge in [-0.15, -0.1) is 0 Å². The minimum Gasteiger partial charge on any atom is -0.363 e. The molecule has 0 fully saturated rings. The smallest absolute Gasteiger partial charge is 0.363 e. The average molecular weight is 432 g/mol. The van der Waals surface area contributed by atoms with Crippen molar-refractivity contribution in [2.45, 2.75) is 45.1 Å². The SMILES string of the molecule is Cc1nn(C)c(C)c1CNC(=O)c1cc2n(n1)[C@H](C(F)(F)F)C[C@@H](c1ccccc1)N2. The Morgan fingerprint density at radius 2 is 1.94 bits per heavy atom. The first-order valence-corrected chi connectivity index (χ1v) is 9.90. The maximum absolute atomic E-state index is 13.8. The molecule has 0 unspecified atom stereocenters. The first kappa shape index (κ1) is 21.0. The summed E-state index contributed by atoms with van der Waals surface area (Å²) in [5.41, 5.74) is 3.25. The van der Waals surface area contributed by atoms with E-state index in [0.717, 1.165) is 27.2 Å². The van der Waals surface area contributed by atoms with Crippen molar-refractivity contribution in [1.29, 1.82) is 0 Å². The number of amides is 1. The summed E-state index contributed by atoms with van der Waals surface area (Å²) in [4.78, 5) is 12.6. The van der Waals surface area contributed by atoms with E-state index in [1.807, 2.05) is 27.0 Å². The van der Waals surface area contributed by atoms with E-state index >= 15 is 0 Å². The molecule has 31 heavy (non-hydrogen) atoms. The molecule has 1 aromatic carbocycles. The second-order valence-electron chi connectivity index (χ2n) is 7.72. The van der Waals surface area contributed by atoms with Crippen LogP contribution in [0.4, 0.5) is 19.0 Å². The van der Waals surface area contributed by atoms with Gasteiger partial charge in [-0.25, -0.2) is 4.68 Å². The van der Waals surface area contributed by atoms with Gasteiger partial charge in [0.25, 0.3) is 5.91 Å². The molecule has 1 aliphatic heterocycles. The maximum atomic E-state index is 13.8. The van der Waals surface area contributed by atoms with Crippen LogP contribution in [-0.4, -0.2) is 31.6 Å². The number of alkyl halides is 3. The third-order valence-electron chi connectivity index (χ3n) is 5.71. The number of nitrogens with one attached hydrogen (secondary N) is 2. The number of carbonyl (C=O) groups is 1. The Kier molecular flexibility index (Phi) is 5.24.